The van der Waals surface area contributed by atoms with E-state index in [1.807, 2.05) is 6.92 Å². The van der Waals surface area contributed by atoms with Gasteiger partial charge < -0.3 is 15.8 Å². The third kappa shape index (κ3) is 5.36. The first-order chi connectivity index (χ1) is 8.45. The molecule has 18 heavy (non-hydrogen) atoms. The van der Waals surface area contributed by atoms with Gasteiger partial charge in [0, 0.05) is 31.7 Å². The van der Waals surface area contributed by atoms with Crippen LogP contribution in [0.1, 0.15) is 46.5 Å². The molecular formula is C14H28N2O2. The van der Waals surface area contributed by atoms with Crippen molar-refractivity contribution in [2.24, 2.45) is 17.6 Å². The van der Waals surface area contributed by atoms with Crippen molar-refractivity contribution in [3.8, 4) is 0 Å². The number of rotatable bonds is 7. The molecule has 1 fully saturated rings. The molecule has 1 amide bonds. The van der Waals surface area contributed by atoms with Crippen molar-refractivity contribution >= 4 is 5.91 Å². The fraction of sp³-hybridized carbons (Fsp3) is 0.929. The normalized spacial score (nSPS) is 23.1. The SMILES string of the molecule is CC(C)CC(C)(CN)NC(=O)CCC1CCOC1. The molecule has 0 aromatic heterocycles. The fourth-order valence-electron chi connectivity index (χ4n) is 2.63. The quantitative estimate of drug-likeness (QED) is 0.728. The molecule has 1 aliphatic heterocycles. The molecule has 3 N–H and O–H groups in total. The molecule has 0 saturated carbocycles. The van der Waals surface area contributed by atoms with Crippen molar-refractivity contribution in [2.75, 3.05) is 19.8 Å². The summed E-state index contributed by atoms with van der Waals surface area (Å²) in [5.74, 6) is 1.21. The first kappa shape index (κ1) is 15.4. The van der Waals surface area contributed by atoms with E-state index in [1.54, 1.807) is 0 Å². The van der Waals surface area contributed by atoms with Crippen LogP contribution >= 0.6 is 0 Å². The Morgan fingerprint density at radius 1 is 1.56 bits per heavy atom. The Balaban J connectivity index is 2.31. The van der Waals surface area contributed by atoms with Crippen LogP contribution in [0.2, 0.25) is 0 Å². The molecule has 0 aromatic rings. The zero-order valence-electron chi connectivity index (χ0n) is 12.0. The van der Waals surface area contributed by atoms with Gasteiger partial charge in [-0.15, -0.1) is 0 Å². The smallest absolute Gasteiger partial charge is 0.220 e. The molecule has 0 bridgehead atoms. The minimum atomic E-state index is -0.266. The van der Waals surface area contributed by atoms with Crippen molar-refractivity contribution < 1.29 is 9.53 Å². The number of carbonyl (C=O) groups excluding carboxylic acids is 1. The summed E-state index contributed by atoms with van der Waals surface area (Å²) in [5, 5.41) is 3.09. The highest BCUT2D eigenvalue weighted by molar-refractivity contribution is 5.76. The van der Waals surface area contributed by atoms with E-state index in [-0.39, 0.29) is 11.4 Å². The molecule has 2 atom stereocenters. The largest absolute Gasteiger partial charge is 0.381 e. The standard InChI is InChI=1S/C14H28N2O2/c1-11(2)8-14(3,10-15)16-13(17)5-4-12-6-7-18-9-12/h11-12H,4-10,15H2,1-3H3,(H,16,17). The van der Waals surface area contributed by atoms with Crippen LogP contribution in [0.15, 0.2) is 0 Å². The van der Waals surface area contributed by atoms with Crippen LogP contribution in [0, 0.1) is 11.8 Å². The highest BCUT2D eigenvalue weighted by atomic mass is 16.5. The second kappa shape index (κ2) is 7.10. The lowest BCUT2D eigenvalue weighted by Gasteiger charge is -2.31. The van der Waals surface area contributed by atoms with Gasteiger partial charge in [0.05, 0.1) is 0 Å². The van der Waals surface area contributed by atoms with E-state index in [4.69, 9.17) is 10.5 Å². The zero-order chi connectivity index (χ0) is 13.6. The van der Waals surface area contributed by atoms with E-state index in [9.17, 15) is 4.79 Å². The van der Waals surface area contributed by atoms with Gasteiger partial charge in [0.25, 0.3) is 0 Å². The van der Waals surface area contributed by atoms with Gasteiger partial charge in [-0.05, 0) is 38.0 Å². The lowest BCUT2D eigenvalue weighted by Crippen LogP contribution is -2.52. The summed E-state index contributed by atoms with van der Waals surface area (Å²) >= 11 is 0. The summed E-state index contributed by atoms with van der Waals surface area (Å²) in [5.41, 5.74) is 5.52. The van der Waals surface area contributed by atoms with Crippen LogP contribution < -0.4 is 11.1 Å². The molecule has 1 aliphatic rings. The molecule has 106 valence electrons. The number of carbonyl (C=O) groups is 1. The van der Waals surface area contributed by atoms with Gasteiger partial charge in [-0.3, -0.25) is 4.79 Å². The summed E-state index contributed by atoms with van der Waals surface area (Å²) in [4.78, 5) is 11.9. The number of hydrogen-bond acceptors (Lipinski definition) is 3. The Kier molecular flexibility index (Phi) is 6.09. The van der Waals surface area contributed by atoms with Gasteiger partial charge in [-0.25, -0.2) is 0 Å². The minimum Gasteiger partial charge on any atom is -0.381 e. The second-order valence-corrected chi connectivity index (χ2v) is 6.18. The molecular weight excluding hydrogens is 228 g/mol. The number of hydrogen-bond donors (Lipinski definition) is 2. The van der Waals surface area contributed by atoms with Crippen LogP contribution in [-0.4, -0.2) is 31.2 Å². The van der Waals surface area contributed by atoms with E-state index < -0.39 is 0 Å². The first-order valence-corrected chi connectivity index (χ1v) is 7.04. The van der Waals surface area contributed by atoms with Crippen molar-refractivity contribution in [3.05, 3.63) is 0 Å². The number of ether oxygens (including phenoxy) is 1. The summed E-state index contributed by atoms with van der Waals surface area (Å²) in [6.07, 6.45) is 3.52. The third-order valence-electron chi connectivity index (χ3n) is 3.55. The van der Waals surface area contributed by atoms with Gasteiger partial charge in [-0.2, -0.15) is 0 Å². The van der Waals surface area contributed by atoms with Gasteiger partial charge in [0.15, 0.2) is 0 Å². The van der Waals surface area contributed by atoms with E-state index in [0.717, 1.165) is 32.5 Å². The Morgan fingerprint density at radius 3 is 2.78 bits per heavy atom. The van der Waals surface area contributed by atoms with Gasteiger partial charge in [0.1, 0.15) is 0 Å². The molecule has 0 aromatic carbocycles. The lowest BCUT2D eigenvalue weighted by atomic mass is 9.90. The molecule has 0 radical (unpaired) electrons. The maximum Gasteiger partial charge on any atom is 0.220 e. The van der Waals surface area contributed by atoms with E-state index >= 15 is 0 Å². The van der Waals surface area contributed by atoms with Gasteiger partial charge in [-0.1, -0.05) is 13.8 Å². The topological polar surface area (TPSA) is 64.3 Å². The van der Waals surface area contributed by atoms with Gasteiger partial charge in [0.2, 0.25) is 5.91 Å². The Hall–Kier alpha value is -0.610. The Morgan fingerprint density at radius 2 is 2.28 bits per heavy atom. The third-order valence-corrected chi connectivity index (χ3v) is 3.55. The monoisotopic (exact) mass is 256 g/mol. The number of amides is 1. The lowest BCUT2D eigenvalue weighted by molar-refractivity contribution is -0.123. The summed E-state index contributed by atoms with van der Waals surface area (Å²) in [6.45, 7) is 8.48. The number of nitrogens with one attached hydrogen (secondary N) is 1. The Labute approximate surface area is 111 Å². The molecule has 1 rings (SSSR count). The Bertz CT molecular complexity index is 263. The summed E-state index contributed by atoms with van der Waals surface area (Å²) < 4.78 is 5.31. The zero-order valence-corrected chi connectivity index (χ0v) is 12.0. The van der Waals surface area contributed by atoms with E-state index in [0.29, 0.717) is 24.8 Å². The van der Waals surface area contributed by atoms with Crippen LogP contribution in [-0.2, 0) is 9.53 Å². The highest BCUT2D eigenvalue weighted by Crippen LogP contribution is 2.19. The predicted octanol–water partition coefficient (Wildman–Crippen LogP) is 1.68. The first-order valence-electron chi connectivity index (χ1n) is 7.04. The van der Waals surface area contributed by atoms with Crippen LogP contribution in [0.5, 0.6) is 0 Å². The molecule has 1 saturated heterocycles. The summed E-state index contributed by atoms with van der Waals surface area (Å²) in [6, 6.07) is 0. The number of nitrogens with two attached hydrogens (primary N) is 1. The van der Waals surface area contributed by atoms with E-state index in [2.05, 4.69) is 19.2 Å². The van der Waals surface area contributed by atoms with Crippen LogP contribution in [0.3, 0.4) is 0 Å². The molecule has 0 aliphatic carbocycles. The van der Waals surface area contributed by atoms with Crippen molar-refractivity contribution in [3.63, 3.8) is 0 Å². The van der Waals surface area contributed by atoms with Crippen molar-refractivity contribution in [1.82, 2.24) is 5.32 Å². The molecule has 4 nitrogen and oxygen atoms in total. The van der Waals surface area contributed by atoms with Gasteiger partial charge >= 0.3 is 0 Å². The van der Waals surface area contributed by atoms with E-state index in [1.165, 1.54) is 0 Å². The second-order valence-electron chi connectivity index (χ2n) is 6.18. The van der Waals surface area contributed by atoms with Crippen LogP contribution in [0.4, 0.5) is 0 Å². The average molecular weight is 256 g/mol. The highest BCUT2D eigenvalue weighted by Gasteiger charge is 2.26. The maximum absolute atomic E-state index is 11.9. The molecule has 2 unspecified atom stereocenters. The molecule has 0 spiro atoms. The van der Waals surface area contributed by atoms with Crippen LogP contribution in [0.25, 0.3) is 0 Å². The fourth-order valence-corrected chi connectivity index (χ4v) is 2.63. The average Bonchev–Trinajstić information content (AvgIpc) is 2.78. The van der Waals surface area contributed by atoms with Crippen molar-refractivity contribution in [1.29, 1.82) is 0 Å². The molecule has 1 heterocycles. The predicted molar refractivity (Wildman–Crippen MR) is 73.2 cm³/mol. The van der Waals surface area contributed by atoms with Crippen molar-refractivity contribution in [2.45, 2.75) is 52.0 Å². The molecule has 4 heteroatoms. The minimum absolute atomic E-state index is 0.121. The summed E-state index contributed by atoms with van der Waals surface area (Å²) in [7, 11) is 0. The maximum atomic E-state index is 11.9.